The van der Waals surface area contributed by atoms with Crippen molar-refractivity contribution in [1.82, 2.24) is 5.32 Å². The first-order valence-electron chi connectivity index (χ1n) is 7.26. The number of carbonyl (C=O) groups is 1. The van der Waals surface area contributed by atoms with E-state index in [1.807, 2.05) is 42.5 Å². The van der Waals surface area contributed by atoms with Gasteiger partial charge in [0, 0.05) is 17.1 Å². The third-order valence-electron chi connectivity index (χ3n) is 3.88. The minimum atomic E-state index is -0.511. The molecule has 4 heteroatoms. The second-order valence-corrected chi connectivity index (χ2v) is 6.03. The van der Waals surface area contributed by atoms with Gasteiger partial charge in [0.15, 0.2) is 0 Å². The van der Waals surface area contributed by atoms with Crippen molar-refractivity contribution < 1.29 is 9.53 Å². The van der Waals surface area contributed by atoms with E-state index >= 15 is 0 Å². The molecule has 0 heterocycles. The Morgan fingerprint density at radius 1 is 1.18 bits per heavy atom. The normalized spacial score (nSPS) is 13.4. The van der Waals surface area contributed by atoms with Gasteiger partial charge in [0.05, 0.1) is 6.54 Å². The summed E-state index contributed by atoms with van der Waals surface area (Å²) in [6.45, 7) is 2.48. The summed E-state index contributed by atoms with van der Waals surface area (Å²) in [5.41, 5.74) is 1.18. The summed E-state index contributed by atoms with van der Waals surface area (Å²) in [7, 11) is 1.68. The van der Waals surface area contributed by atoms with Crippen LogP contribution in [0.5, 0.6) is 0 Å². The van der Waals surface area contributed by atoms with Crippen molar-refractivity contribution in [2.75, 3.05) is 13.7 Å². The molecule has 0 bridgehead atoms. The number of benzene rings is 2. The highest BCUT2D eigenvalue weighted by Crippen LogP contribution is 2.28. The third-order valence-corrected chi connectivity index (χ3v) is 4.38. The Kier molecular flexibility index (Phi) is 5.75. The number of halogens is 1. The van der Waals surface area contributed by atoms with Crippen molar-refractivity contribution in [1.29, 1.82) is 0 Å². The minimum absolute atomic E-state index is 0.105. The van der Waals surface area contributed by atoms with Crippen LogP contribution in [0, 0.1) is 0 Å². The number of rotatable bonds is 6. The summed E-state index contributed by atoms with van der Waals surface area (Å²) in [6.07, 6.45) is 0.770. The zero-order valence-corrected chi connectivity index (χ0v) is 14.4. The first-order chi connectivity index (χ1) is 10.6. The van der Waals surface area contributed by atoms with Gasteiger partial charge in [-0.1, -0.05) is 59.3 Å². The van der Waals surface area contributed by atoms with Gasteiger partial charge in [-0.05, 0) is 30.2 Å². The molecule has 1 unspecified atom stereocenters. The Labute approximate surface area is 139 Å². The maximum absolute atomic E-state index is 12.3. The molecule has 0 aromatic heterocycles. The highest BCUT2D eigenvalue weighted by atomic mass is 79.9. The average Bonchev–Trinajstić information content (AvgIpc) is 2.57. The molecule has 0 aliphatic rings. The van der Waals surface area contributed by atoms with Gasteiger partial charge in [0.25, 0.3) is 5.91 Å². The Morgan fingerprint density at radius 2 is 1.91 bits per heavy atom. The number of hydrogen-bond donors (Lipinski definition) is 1. The Balaban J connectivity index is 2.14. The highest BCUT2D eigenvalue weighted by Gasteiger charge is 2.30. The molecular formula is C18H20BrNO2. The van der Waals surface area contributed by atoms with Crippen molar-refractivity contribution in [3.8, 4) is 0 Å². The van der Waals surface area contributed by atoms with Gasteiger partial charge in [-0.3, -0.25) is 4.79 Å². The third kappa shape index (κ3) is 3.76. The number of hydrogen-bond acceptors (Lipinski definition) is 2. The molecule has 0 aliphatic carbocycles. The van der Waals surface area contributed by atoms with Crippen LogP contribution in [0.1, 0.15) is 29.3 Å². The molecule has 2 rings (SSSR count). The molecule has 0 radical (unpaired) electrons. The summed E-state index contributed by atoms with van der Waals surface area (Å²) in [5, 5.41) is 2.98. The summed E-state index contributed by atoms with van der Waals surface area (Å²) < 4.78 is 6.65. The number of ether oxygens (including phenoxy) is 1. The molecule has 1 atom stereocenters. The lowest BCUT2D eigenvalue weighted by Gasteiger charge is -2.32. The van der Waals surface area contributed by atoms with E-state index < -0.39 is 5.60 Å². The van der Waals surface area contributed by atoms with Crippen molar-refractivity contribution in [2.45, 2.75) is 18.9 Å². The first-order valence-corrected chi connectivity index (χ1v) is 8.05. The van der Waals surface area contributed by atoms with Crippen molar-refractivity contribution in [3.05, 3.63) is 70.2 Å². The van der Waals surface area contributed by atoms with E-state index in [9.17, 15) is 4.79 Å². The van der Waals surface area contributed by atoms with Crippen LogP contribution in [0.4, 0.5) is 0 Å². The summed E-state index contributed by atoms with van der Waals surface area (Å²) in [6, 6.07) is 17.3. The molecule has 0 saturated carbocycles. The fraction of sp³-hybridized carbons (Fsp3) is 0.278. The molecular weight excluding hydrogens is 342 g/mol. The fourth-order valence-electron chi connectivity index (χ4n) is 2.46. The SMILES string of the molecule is CCC(CNC(=O)c1cccc(Br)c1)(OC)c1ccccc1. The molecule has 2 aromatic rings. The second-order valence-electron chi connectivity index (χ2n) is 5.11. The molecule has 116 valence electrons. The van der Waals surface area contributed by atoms with Gasteiger partial charge < -0.3 is 10.1 Å². The molecule has 22 heavy (non-hydrogen) atoms. The van der Waals surface area contributed by atoms with E-state index in [1.54, 1.807) is 19.2 Å². The second kappa shape index (κ2) is 7.56. The summed E-state index contributed by atoms with van der Waals surface area (Å²) >= 11 is 3.38. The first kappa shape index (κ1) is 16.7. The number of methoxy groups -OCH3 is 1. The molecule has 1 N–H and O–H groups in total. The predicted molar refractivity (Wildman–Crippen MR) is 91.9 cm³/mol. The van der Waals surface area contributed by atoms with Crippen LogP contribution in [0.25, 0.3) is 0 Å². The summed E-state index contributed by atoms with van der Waals surface area (Å²) in [5.74, 6) is -0.105. The predicted octanol–water partition coefficient (Wildman–Crippen LogP) is 4.13. The van der Waals surface area contributed by atoms with Crippen LogP contribution in [-0.4, -0.2) is 19.6 Å². The summed E-state index contributed by atoms with van der Waals surface area (Å²) in [4.78, 5) is 12.3. The monoisotopic (exact) mass is 361 g/mol. The van der Waals surface area contributed by atoms with E-state index in [0.29, 0.717) is 12.1 Å². The molecule has 0 spiro atoms. The van der Waals surface area contributed by atoms with Crippen LogP contribution in [0.15, 0.2) is 59.1 Å². The maximum atomic E-state index is 12.3. The van der Waals surface area contributed by atoms with Crippen LogP contribution in [0.3, 0.4) is 0 Å². The quantitative estimate of drug-likeness (QED) is 0.839. The standard InChI is InChI=1S/C18H20BrNO2/c1-3-18(22-2,15-9-5-4-6-10-15)13-20-17(21)14-8-7-11-16(19)12-14/h4-12H,3,13H2,1-2H3,(H,20,21). The minimum Gasteiger partial charge on any atom is -0.372 e. The topological polar surface area (TPSA) is 38.3 Å². The van der Waals surface area contributed by atoms with Gasteiger partial charge in [0.2, 0.25) is 0 Å². The molecule has 2 aromatic carbocycles. The molecule has 1 amide bonds. The lowest BCUT2D eigenvalue weighted by molar-refractivity contribution is -0.0164. The lowest BCUT2D eigenvalue weighted by Crippen LogP contribution is -2.41. The van der Waals surface area contributed by atoms with Crippen LogP contribution < -0.4 is 5.32 Å². The number of amides is 1. The van der Waals surface area contributed by atoms with Crippen LogP contribution >= 0.6 is 15.9 Å². The van der Waals surface area contributed by atoms with E-state index in [4.69, 9.17) is 4.74 Å². The zero-order valence-electron chi connectivity index (χ0n) is 12.8. The zero-order chi connectivity index (χ0) is 16.0. The van der Waals surface area contributed by atoms with Gasteiger partial charge in [-0.15, -0.1) is 0 Å². The van der Waals surface area contributed by atoms with Crippen LogP contribution in [0.2, 0.25) is 0 Å². The van der Waals surface area contributed by atoms with Crippen molar-refractivity contribution in [2.24, 2.45) is 0 Å². The van der Waals surface area contributed by atoms with Gasteiger partial charge in [-0.2, -0.15) is 0 Å². The maximum Gasteiger partial charge on any atom is 0.251 e. The van der Waals surface area contributed by atoms with E-state index in [2.05, 4.69) is 28.2 Å². The van der Waals surface area contributed by atoms with E-state index in [1.165, 1.54) is 0 Å². The largest absolute Gasteiger partial charge is 0.372 e. The number of nitrogens with one attached hydrogen (secondary N) is 1. The average molecular weight is 362 g/mol. The Bertz CT molecular complexity index is 624. The van der Waals surface area contributed by atoms with Crippen LogP contribution in [-0.2, 0) is 10.3 Å². The van der Waals surface area contributed by atoms with Gasteiger partial charge in [-0.25, -0.2) is 0 Å². The van der Waals surface area contributed by atoms with E-state index in [0.717, 1.165) is 16.5 Å². The van der Waals surface area contributed by atoms with Crippen molar-refractivity contribution in [3.63, 3.8) is 0 Å². The Hall–Kier alpha value is -1.65. The van der Waals surface area contributed by atoms with Gasteiger partial charge >= 0.3 is 0 Å². The molecule has 3 nitrogen and oxygen atoms in total. The molecule has 0 saturated heterocycles. The Morgan fingerprint density at radius 3 is 2.50 bits per heavy atom. The van der Waals surface area contributed by atoms with Crippen molar-refractivity contribution >= 4 is 21.8 Å². The smallest absolute Gasteiger partial charge is 0.251 e. The highest BCUT2D eigenvalue weighted by molar-refractivity contribution is 9.10. The number of carbonyl (C=O) groups excluding carboxylic acids is 1. The lowest BCUT2D eigenvalue weighted by atomic mass is 9.90. The molecule has 0 fully saturated rings. The van der Waals surface area contributed by atoms with E-state index in [-0.39, 0.29) is 5.91 Å². The fourth-order valence-corrected chi connectivity index (χ4v) is 2.86. The van der Waals surface area contributed by atoms with Gasteiger partial charge in [0.1, 0.15) is 5.60 Å². The molecule has 0 aliphatic heterocycles.